The van der Waals surface area contributed by atoms with Gasteiger partial charge in [0.2, 0.25) is 0 Å². The minimum atomic E-state index is -0.696. The summed E-state index contributed by atoms with van der Waals surface area (Å²) in [6, 6.07) is 4.61. The lowest BCUT2D eigenvalue weighted by molar-refractivity contribution is 0.192. The van der Waals surface area contributed by atoms with Crippen LogP contribution >= 0.6 is 11.6 Å². The molecule has 3 unspecified atom stereocenters. The van der Waals surface area contributed by atoms with Crippen molar-refractivity contribution in [2.75, 3.05) is 14.1 Å². The van der Waals surface area contributed by atoms with Crippen molar-refractivity contribution in [1.82, 2.24) is 10.2 Å². The number of nitrogens with one attached hydrogen (secondary N) is 1. The molecule has 1 saturated carbocycles. The zero-order valence-corrected chi connectivity index (χ0v) is 17.7. The maximum atomic E-state index is 14.0. The van der Waals surface area contributed by atoms with Crippen molar-refractivity contribution in [2.45, 2.75) is 56.3 Å². The van der Waals surface area contributed by atoms with E-state index in [0.717, 1.165) is 12.0 Å². The van der Waals surface area contributed by atoms with Crippen LogP contribution in [0.2, 0.25) is 5.02 Å². The Labute approximate surface area is 177 Å². The molecule has 1 aromatic rings. The van der Waals surface area contributed by atoms with Crippen molar-refractivity contribution in [3.63, 3.8) is 0 Å². The first kappa shape index (κ1) is 20.6. The number of aliphatic imine (C=N–C) groups is 1. The molecule has 0 bridgehead atoms. The number of fused-ring (bicyclic) bond motifs is 1. The van der Waals surface area contributed by atoms with Crippen LogP contribution in [0.15, 0.2) is 35.4 Å². The maximum absolute atomic E-state index is 14.0. The summed E-state index contributed by atoms with van der Waals surface area (Å²) in [7, 11) is 4.33. The van der Waals surface area contributed by atoms with E-state index in [1.807, 2.05) is 12.3 Å². The third-order valence-electron chi connectivity index (χ3n) is 6.57. The Morgan fingerprint density at radius 2 is 1.97 bits per heavy atom. The van der Waals surface area contributed by atoms with E-state index in [0.29, 0.717) is 23.7 Å². The normalized spacial score (nSPS) is 31.6. The summed E-state index contributed by atoms with van der Waals surface area (Å²) in [6.07, 6.45) is 14.0. The topological polar surface area (TPSA) is 47.9 Å². The highest BCUT2D eigenvalue weighted by atomic mass is 35.5. The van der Waals surface area contributed by atoms with Gasteiger partial charge in [0.15, 0.2) is 11.6 Å². The molecule has 2 aliphatic carbocycles. The molecule has 4 rings (SSSR count). The monoisotopic (exact) mass is 417 g/mol. The molecule has 0 aromatic heterocycles. The van der Waals surface area contributed by atoms with Crippen LogP contribution in [0.4, 0.5) is 4.39 Å². The molecule has 2 N–H and O–H groups in total. The molecular weight excluding hydrogens is 389 g/mol. The van der Waals surface area contributed by atoms with Gasteiger partial charge in [0.05, 0.1) is 11.1 Å². The summed E-state index contributed by atoms with van der Waals surface area (Å²) in [5.41, 5.74) is 1.60. The third kappa shape index (κ3) is 4.42. The van der Waals surface area contributed by atoms with Crippen molar-refractivity contribution >= 4 is 23.4 Å². The van der Waals surface area contributed by atoms with E-state index in [-0.39, 0.29) is 17.0 Å². The van der Waals surface area contributed by atoms with Gasteiger partial charge >= 0.3 is 0 Å². The molecule has 1 fully saturated rings. The lowest BCUT2D eigenvalue weighted by Gasteiger charge is -2.39. The molecule has 0 saturated heterocycles. The number of allylic oxidation sites excluding steroid dienone is 2. The van der Waals surface area contributed by atoms with E-state index in [9.17, 15) is 9.50 Å². The molecule has 0 spiro atoms. The number of halogens is 2. The highest BCUT2D eigenvalue weighted by Crippen LogP contribution is 2.36. The fraction of sp³-hybridized carbons (Fsp3) is 0.522. The molecule has 29 heavy (non-hydrogen) atoms. The van der Waals surface area contributed by atoms with Gasteiger partial charge in [-0.25, -0.2) is 4.39 Å². The zero-order chi connectivity index (χ0) is 20.5. The number of hydrogen-bond donors (Lipinski definition) is 2. The van der Waals surface area contributed by atoms with Gasteiger partial charge in [0.25, 0.3) is 0 Å². The Bertz CT molecular complexity index is 820. The van der Waals surface area contributed by atoms with Crippen LogP contribution in [0, 0.1) is 11.7 Å². The molecule has 6 heteroatoms. The van der Waals surface area contributed by atoms with Crippen molar-refractivity contribution in [3.8, 4) is 5.75 Å². The van der Waals surface area contributed by atoms with Crippen molar-refractivity contribution in [1.29, 1.82) is 0 Å². The van der Waals surface area contributed by atoms with Gasteiger partial charge in [-0.1, -0.05) is 29.8 Å². The summed E-state index contributed by atoms with van der Waals surface area (Å²) >= 11 is 5.99. The van der Waals surface area contributed by atoms with E-state index in [1.165, 1.54) is 31.7 Å². The van der Waals surface area contributed by atoms with Gasteiger partial charge in [-0.15, -0.1) is 0 Å². The van der Waals surface area contributed by atoms with Crippen LogP contribution in [0.25, 0.3) is 5.57 Å². The van der Waals surface area contributed by atoms with E-state index in [4.69, 9.17) is 11.6 Å². The Kier molecular flexibility index (Phi) is 6.09. The van der Waals surface area contributed by atoms with E-state index in [1.54, 1.807) is 6.07 Å². The Morgan fingerprint density at radius 1 is 1.21 bits per heavy atom. The largest absolute Gasteiger partial charge is 0.504 e. The second-order valence-corrected chi connectivity index (χ2v) is 9.05. The number of nitrogens with zero attached hydrogens (tertiary/aromatic N) is 2. The van der Waals surface area contributed by atoms with E-state index >= 15 is 0 Å². The predicted molar refractivity (Wildman–Crippen MR) is 117 cm³/mol. The van der Waals surface area contributed by atoms with Crippen molar-refractivity contribution < 1.29 is 9.50 Å². The molecular formula is C23H29ClFN3O. The van der Waals surface area contributed by atoms with Crippen LogP contribution < -0.4 is 5.32 Å². The Hall–Kier alpha value is -1.69. The number of rotatable bonds is 4. The first-order valence-corrected chi connectivity index (χ1v) is 10.8. The van der Waals surface area contributed by atoms with Crippen LogP contribution in [-0.4, -0.2) is 54.5 Å². The average Bonchev–Trinajstić information content (AvgIpc) is 2.72. The highest BCUT2D eigenvalue weighted by Gasteiger charge is 2.33. The fourth-order valence-electron chi connectivity index (χ4n) is 4.81. The molecule has 1 heterocycles. The lowest BCUT2D eigenvalue weighted by Crippen LogP contribution is -2.49. The predicted octanol–water partition coefficient (Wildman–Crippen LogP) is 4.43. The lowest BCUT2D eigenvalue weighted by atomic mass is 9.80. The zero-order valence-electron chi connectivity index (χ0n) is 17.0. The minimum Gasteiger partial charge on any atom is -0.504 e. The number of hydrogen-bond acceptors (Lipinski definition) is 4. The molecule has 1 aromatic carbocycles. The van der Waals surface area contributed by atoms with E-state index < -0.39 is 11.6 Å². The van der Waals surface area contributed by atoms with Gasteiger partial charge in [-0.05, 0) is 69.5 Å². The SMILES string of the molecule is CN(C)C1CCC(NC2CC=NC3C=CC(c4cc(F)c(O)c(Cl)c4)=CC32)CC1. The van der Waals surface area contributed by atoms with Crippen molar-refractivity contribution in [2.24, 2.45) is 10.9 Å². The fourth-order valence-corrected chi connectivity index (χ4v) is 5.02. The molecule has 3 aliphatic rings. The first-order chi connectivity index (χ1) is 13.9. The molecule has 3 atom stereocenters. The van der Waals surface area contributed by atoms with Crippen molar-refractivity contribution in [3.05, 3.63) is 46.8 Å². The number of benzene rings is 1. The Morgan fingerprint density at radius 3 is 2.66 bits per heavy atom. The molecule has 0 radical (unpaired) electrons. The molecule has 1 aliphatic heterocycles. The summed E-state index contributed by atoms with van der Waals surface area (Å²) in [4.78, 5) is 7.00. The molecule has 156 valence electrons. The van der Waals surface area contributed by atoms with E-state index in [2.05, 4.69) is 41.5 Å². The van der Waals surface area contributed by atoms with Gasteiger partial charge < -0.3 is 15.3 Å². The van der Waals surface area contributed by atoms with Crippen LogP contribution in [0.1, 0.15) is 37.7 Å². The van der Waals surface area contributed by atoms with Crippen LogP contribution in [-0.2, 0) is 0 Å². The number of phenolic OH excluding ortho intramolecular Hbond substituents is 1. The minimum absolute atomic E-state index is 0.0328. The van der Waals surface area contributed by atoms with Gasteiger partial charge in [0.1, 0.15) is 0 Å². The van der Waals surface area contributed by atoms with Gasteiger partial charge in [0, 0.05) is 30.3 Å². The number of aromatic hydroxyl groups is 1. The smallest absolute Gasteiger partial charge is 0.170 e. The molecule has 4 nitrogen and oxygen atoms in total. The first-order valence-electron chi connectivity index (χ1n) is 10.4. The average molecular weight is 418 g/mol. The van der Waals surface area contributed by atoms with Crippen LogP contribution in [0.5, 0.6) is 5.75 Å². The highest BCUT2D eigenvalue weighted by molar-refractivity contribution is 6.32. The summed E-state index contributed by atoms with van der Waals surface area (Å²) in [5, 5.41) is 13.5. The summed E-state index contributed by atoms with van der Waals surface area (Å²) in [5.74, 6) is -0.969. The summed E-state index contributed by atoms with van der Waals surface area (Å²) < 4.78 is 14.0. The molecule has 0 amide bonds. The van der Waals surface area contributed by atoms with Gasteiger partial charge in [-0.2, -0.15) is 0 Å². The third-order valence-corrected chi connectivity index (χ3v) is 6.86. The Balaban J connectivity index is 1.50. The van der Waals surface area contributed by atoms with Gasteiger partial charge in [-0.3, -0.25) is 4.99 Å². The van der Waals surface area contributed by atoms with Crippen LogP contribution in [0.3, 0.4) is 0 Å². The summed E-state index contributed by atoms with van der Waals surface area (Å²) in [6.45, 7) is 0. The maximum Gasteiger partial charge on any atom is 0.170 e. The second kappa shape index (κ2) is 8.58. The number of phenols is 1. The second-order valence-electron chi connectivity index (χ2n) is 8.65. The standard InChI is InChI=1S/C23H29ClFN3O/c1-28(2)17-6-4-16(5-7-17)27-22-9-10-26-21-8-3-14(11-18(21)22)15-12-19(24)23(29)20(25)13-15/h3,8,10-13,16-18,21-22,27,29H,4-7,9H2,1-2H3. The quantitative estimate of drug-likeness (QED) is 0.761.